The molecule has 0 aliphatic heterocycles. The first-order valence-electron chi connectivity index (χ1n) is 9.00. The molecule has 1 heterocycles. The fraction of sp³-hybridized carbons (Fsp3) is 0.368. The van der Waals surface area contributed by atoms with E-state index in [9.17, 15) is 22.4 Å². The number of halogens is 5. The van der Waals surface area contributed by atoms with E-state index >= 15 is 0 Å². The average Bonchev–Trinajstić information content (AvgIpc) is 3.20. The summed E-state index contributed by atoms with van der Waals surface area (Å²) in [7, 11) is 0. The SMILES string of the molecule is CCNC(=NCc1ccc(F)cc1C(F)(F)F)NCCCNC(=O)c1cccs1.I. The maximum Gasteiger partial charge on any atom is 0.416 e. The Morgan fingerprint density at radius 1 is 1.13 bits per heavy atom. The Labute approximate surface area is 193 Å². The zero-order valence-electron chi connectivity index (χ0n) is 16.2. The second kappa shape index (κ2) is 12.7. The first-order valence-corrected chi connectivity index (χ1v) is 9.88. The lowest BCUT2D eigenvalue weighted by molar-refractivity contribution is -0.138. The molecule has 0 aliphatic rings. The molecule has 0 saturated heterocycles. The highest BCUT2D eigenvalue weighted by molar-refractivity contribution is 14.0. The lowest BCUT2D eigenvalue weighted by Gasteiger charge is -2.14. The number of nitrogens with one attached hydrogen (secondary N) is 3. The summed E-state index contributed by atoms with van der Waals surface area (Å²) in [5.41, 5.74) is -1.15. The van der Waals surface area contributed by atoms with Gasteiger partial charge in [0.1, 0.15) is 5.82 Å². The summed E-state index contributed by atoms with van der Waals surface area (Å²) in [5.74, 6) is -0.745. The van der Waals surface area contributed by atoms with Crippen molar-refractivity contribution in [2.45, 2.75) is 26.1 Å². The smallest absolute Gasteiger partial charge is 0.357 e. The van der Waals surface area contributed by atoms with Crippen molar-refractivity contribution >= 4 is 47.2 Å². The summed E-state index contributed by atoms with van der Waals surface area (Å²) in [6, 6.07) is 6.08. The maximum atomic E-state index is 13.2. The van der Waals surface area contributed by atoms with Crippen LogP contribution in [0.2, 0.25) is 0 Å². The fourth-order valence-corrected chi connectivity index (χ4v) is 3.09. The van der Waals surface area contributed by atoms with E-state index in [1.807, 2.05) is 12.3 Å². The normalized spacial score (nSPS) is 11.6. The van der Waals surface area contributed by atoms with Gasteiger partial charge in [-0.1, -0.05) is 12.1 Å². The molecule has 1 aromatic carbocycles. The molecule has 1 aromatic heterocycles. The molecule has 0 saturated carbocycles. The molecule has 30 heavy (non-hydrogen) atoms. The van der Waals surface area contributed by atoms with Crippen LogP contribution in [-0.4, -0.2) is 31.5 Å². The minimum absolute atomic E-state index is 0. The Balaban J connectivity index is 0.00000450. The highest BCUT2D eigenvalue weighted by atomic mass is 127. The van der Waals surface area contributed by atoms with Gasteiger partial charge < -0.3 is 16.0 Å². The molecule has 0 atom stereocenters. The third-order valence-corrected chi connectivity index (χ3v) is 4.67. The summed E-state index contributed by atoms with van der Waals surface area (Å²) in [6.45, 7) is 3.01. The van der Waals surface area contributed by atoms with E-state index in [-0.39, 0.29) is 42.0 Å². The maximum absolute atomic E-state index is 13.2. The summed E-state index contributed by atoms with van der Waals surface area (Å²) in [6.07, 6.45) is -4.05. The number of nitrogens with zero attached hydrogens (tertiary/aromatic N) is 1. The largest absolute Gasteiger partial charge is 0.416 e. The Hall–Kier alpha value is -1.89. The molecule has 1 amide bonds. The molecule has 0 spiro atoms. The number of thiophene rings is 1. The van der Waals surface area contributed by atoms with Crippen LogP contribution >= 0.6 is 35.3 Å². The molecule has 0 radical (unpaired) electrons. The van der Waals surface area contributed by atoms with Crippen LogP contribution in [0.25, 0.3) is 0 Å². The van der Waals surface area contributed by atoms with Crippen molar-refractivity contribution in [2.24, 2.45) is 4.99 Å². The second-order valence-corrected chi connectivity index (χ2v) is 6.96. The Kier molecular flexibility index (Phi) is 11.1. The fourth-order valence-electron chi connectivity index (χ4n) is 2.45. The molecule has 166 valence electrons. The predicted molar refractivity (Wildman–Crippen MR) is 121 cm³/mol. The van der Waals surface area contributed by atoms with Gasteiger partial charge >= 0.3 is 6.18 Å². The van der Waals surface area contributed by atoms with Crippen LogP contribution in [0.4, 0.5) is 17.6 Å². The van der Waals surface area contributed by atoms with E-state index in [4.69, 9.17) is 0 Å². The van der Waals surface area contributed by atoms with Crippen molar-refractivity contribution in [3.05, 3.63) is 57.5 Å². The molecule has 11 heteroatoms. The van der Waals surface area contributed by atoms with Crippen LogP contribution in [0.5, 0.6) is 0 Å². The van der Waals surface area contributed by atoms with Gasteiger partial charge in [0.05, 0.1) is 17.0 Å². The summed E-state index contributed by atoms with van der Waals surface area (Å²) >= 11 is 1.35. The number of alkyl halides is 3. The van der Waals surface area contributed by atoms with Crippen molar-refractivity contribution < 1.29 is 22.4 Å². The number of amides is 1. The number of hydrogen-bond acceptors (Lipinski definition) is 3. The molecular weight excluding hydrogens is 535 g/mol. The van der Waals surface area contributed by atoms with Gasteiger partial charge in [-0.3, -0.25) is 4.79 Å². The van der Waals surface area contributed by atoms with Crippen molar-refractivity contribution in [3.8, 4) is 0 Å². The van der Waals surface area contributed by atoms with Gasteiger partial charge in [0.15, 0.2) is 5.96 Å². The minimum Gasteiger partial charge on any atom is -0.357 e. The number of rotatable bonds is 8. The Bertz CT molecular complexity index is 828. The molecule has 0 aliphatic carbocycles. The average molecular weight is 558 g/mol. The van der Waals surface area contributed by atoms with Gasteiger partial charge in [0.2, 0.25) is 0 Å². The van der Waals surface area contributed by atoms with Crippen LogP contribution in [-0.2, 0) is 12.7 Å². The summed E-state index contributed by atoms with van der Waals surface area (Å²) in [4.78, 5) is 16.6. The predicted octanol–water partition coefficient (Wildman–Crippen LogP) is 4.40. The van der Waals surface area contributed by atoms with Crippen LogP contribution in [0.3, 0.4) is 0 Å². The van der Waals surface area contributed by atoms with E-state index in [1.165, 1.54) is 11.3 Å². The van der Waals surface area contributed by atoms with E-state index in [0.717, 1.165) is 12.1 Å². The number of carbonyl (C=O) groups excluding carboxylic acids is 1. The standard InChI is InChI=1S/C19H22F4N4OS.HI/c1-2-24-18(26-9-4-8-25-17(28)16-5-3-10-29-16)27-12-13-6-7-14(20)11-15(13)19(21,22)23;/h3,5-7,10-11H,2,4,8-9,12H2,1H3,(H,25,28)(H2,24,26,27);1H. The van der Waals surface area contributed by atoms with Crippen LogP contribution in [0.15, 0.2) is 40.7 Å². The van der Waals surface area contributed by atoms with Gasteiger partial charge in [-0.2, -0.15) is 13.2 Å². The first-order chi connectivity index (χ1) is 13.8. The van der Waals surface area contributed by atoms with E-state index in [1.54, 1.807) is 12.1 Å². The molecule has 3 N–H and O–H groups in total. The van der Waals surface area contributed by atoms with Crippen molar-refractivity contribution in [1.82, 2.24) is 16.0 Å². The number of hydrogen-bond donors (Lipinski definition) is 3. The third kappa shape index (κ3) is 8.46. The monoisotopic (exact) mass is 558 g/mol. The molecule has 2 aromatic rings. The zero-order chi connectivity index (χ0) is 21.3. The second-order valence-electron chi connectivity index (χ2n) is 6.01. The van der Waals surface area contributed by atoms with Gasteiger partial charge in [-0.15, -0.1) is 35.3 Å². The van der Waals surface area contributed by atoms with Crippen molar-refractivity contribution in [2.75, 3.05) is 19.6 Å². The van der Waals surface area contributed by atoms with Crippen LogP contribution in [0, 0.1) is 5.82 Å². The zero-order valence-corrected chi connectivity index (χ0v) is 19.3. The molecule has 0 fully saturated rings. The minimum atomic E-state index is -4.65. The number of benzene rings is 1. The highest BCUT2D eigenvalue weighted by Crippen LogP contribution is 2.32. The lowest BCUT2D eigenvalue weighted by atomic mass is 10.1. The van der Waals surface area contributed by atoms with Gasteiger partial charge in [0.25, 0.3) is 5.91 Å². The van der Waals surface area contributed by atoms with Crippen LogP contribution < -0.4 is 16.0 Å². The quantitative estimate of drug-likeness (QED) is 0.148. The molecule has 2 rings (SSSR count). The van der Waals surface area contributed by atoms with Gasteiger partial charge in [0, 0.05) is 19.6 Å². The number of aliphatic imine (C=N–C) groups is 1. The van der Waals surface area contributed by atoms with Crippen LogP contribution in [0.1, 0.15) is 34.1 Å². The Morgan fingerprint density at radius 3 is 2.50 bits per heavy atom. The van der Waals surface area contributed by atoms with E-state index < -0.39 is 17.6 Å². The topological polar surface area (TPSA) is 65.5 Å². The molecule has 0 unspecified atom stereocenters. The van der Waals surface area contributed by atoms with Crippen molar-refractivity contribution in [1.29, 1.82) is 0 Å². The lowest BCUT2D eigenvalue weighted by Crippen LogP contribution is -2.38. The molecular formula is C19H23F4IN4OS. The molecule has 5 nitrogen and oxygen atoms in total. The highest BCUT2D eigenvalue weighted by Gasteiger charge is 2.33. The molecule has 0 bridgehead atoms. The third-order valence-electron chi connectivity index (χ3n) is 3.81. The Morgan fingerprint density at radius 2 is 1.87 bits per heavy atom. The van der Waals surface area contributed by atoms with E-state index in [2.05, 4.69) is 20.9 Å². The summed E-state index contributed by atoms with van der Waals surface area (Å²) < 4.78 is 52.4. The van der Waals surface area contributed by atoms with Gasteiger partial charge in [-0.05, 0) is 42.5 Å². The van der Waals surface area contributed by atoms with Gasteiger partial charge in [-0.25, -0.2) is 9.38 Å². The summed E-state index contributed by atoms with van der Waals surface area (Å²) in [5, 5.41) is 10.6. The van der Waals surface area contributed by atoms with E-state index in [0.29, 0.717) is 43.0 Å². The number of guanidine groups is 1. The number of carbonyl (C=O) groups is 1. The van der Waals surface area contributed by atoms with Crippen molar-refractivity contribution in [3.63, 3.8) is 0 Å². The first kappa shape index (κ1) is 26.1.